The van der Waals surface area contributed by atoms with Crippen LogP contribution in [-0.2, 0) is 9.53 Å². The molecule has 2 aromatic rings. The smallest absolute Gasteiger partial charge is 0.335 e. The molecule has 1 fully saturated rings. The van der Waals surface area contributed by atoms with Crippen molar-refractivity contribution in [3.05, 3.63) is 64.7 Å². The molecule has 5 nitrogen and oxygen atoms in total. The zero-order chi connectivity index (χ0) is 18.7. The van der Waals surface area contributed by atoms with Gasteiger partial charge in [0.25, 0.3) is 0 Å². The van der Waals surface area contributed by atoms with Gasteiger partial charge in [0.1, 0.15) is 0 Å². The Bertz CT molecular complexity index is 813. The van der Waals surface area contributed by atoms with Gasteiger partial charge in [-0.25, -0.2) is 4.79 Å². The quantitative estimate of drug-likeness (QED) is 0.867. The monoisotopic (exact) mass is 353 g/mol. The Morgan fingerprint density at radius 1 is 1.12 bits per heavy atom. The van der Waals surface area contributed by atoms with Crippen LogP contribution in [0.1, 0.15) is 46.0 Å². The number of amides is 1. The predicted octanol–water partition coefficient (Wildman–Crippen LogP) is 4.11. The lowest BCUT2D eigenvalue weighted by molar-refractivity contribution is -0.129. The Labute approximate surface area is 153 Å². The van der Waals surface area contributed by atoms with Crippen molar-refractivity contribution >= 4 is 17.6 Å². The average molecular weight is 353 g/mol. The highest BCUT2D eigenvalue weighted by atomic mass is 16.5. The molecule has 26 heavy (non-hydrogen) atoms. The van der Waals surface area contributed by atoms with Gasteiger partial charge in [0.05, 0.1) is 17.6 Å². The predicted molar refractivity (Wildman–Crippen MR) is 99.4 cm³/mol. The van der Waals surface area contributed by atoms with Crippen LogP contribution in [0.3, 0.4) is 0 Å². The summed E-state index contributed by atoms with van der Waals surface area (Å²) in [6.45, 7) is 4.39. The van der Waals surface area contributed by atoms with Crippen molar-refractivity contribution in [2.45, 2.75) is 32.8 Å². The third-order valence-electron chi connectivity index (χ3n) is 4.79. The van der Waals surface area contributed by atoms with Crippen molar-refractivity contribution in [3.8, 4) is 0 Å². The number of carbonyl (C=O) groups is 2. The molecule has 1 aliphatic rings. The lowest BCUT2D eigenvalue weighted by Crippen LogP contribution is -2.33. The Balaban J connectivity index is 1.77. The Hall–Kier alpha value is -2.66. The van der Waals surface area contributed by atoms with E-state index < -0.39 is 5.97 Å². The summed E-state index contributed by atoms with van der Waals surface area (Å²) >= 11 is 0. The Morgan fingerprint density at radius 2 is 1.85 bits per heavy atom. The molecule has 136 valence electrons. The zero-order valence-corrected chi connectivity index (χ0v) is 15.0. The summed E-state index contributed by atoms with van der Waals surface area (Å²) in [5, 5.41) is 12.0. The second kappa shape index (κ2) is 7.70. The van der Waals surface area contributed by atoms with E-state index in [1.807, 2.05) is 31.2 Å². The summed E-state index contributed by atoms with van der Waals surface area (Å²) < 4.78 is 5.91. The maximum atomic E-state index is 12.8. The maximum Gasteiger partial charge on any atom is 0.335 e. The standard InChI is InChI=1S/C21H23NO4/c1-13-5-7-15(8-6-13)19-18(4-3-11-26-19)20(23)22-16-9-10-17(21(24)25)14(2)12-16/h5-10,12,18-19H,3-4,11H2,1-2H3,(H,22,23)(H,24,25). The SMILES string of the molecule is Cc1ccc(C2OCCCC2C(=O)Nc2ccc(C(=O)O)c(C)c2)cc1. The molecule has 1 saturated heterocycles. The van der Waals surface area contributed by atoms with E-state index in [9.17, 15) is 9.59 Å². The lowest BCUT2D eigenvalue weighted by atomic mass is 9.88. The van der Waals surface area contributed by atoms with Crippen LogP contribution in [0.15, 0.2) is 42.5 Å². The van der Waals surface area contributed by atoms with E-state index in [1.54, 1.807) is 19.1 Å². The number of ether oxygens (including phenoxy) is 1. The van der Waals surface area contributed by atoms with Crippen LogP contribution >= 0.6 is 0 Å². The fourth-order valence-corrected chi connectivity index (χ4v) is 3.35. The number of aryl methyl sites for hydroxylation is 2. The third kappa shape index (κ3) is 3.94. The molecular formula is C21H23NO4. The van der Waals surface area contributed by atoms with Crippen LogP contribution in [0, 0.1) is 19.8 Å². The number of benzene rings is 2. The molecule has 2 N–H and O–H groups in total. The molecule has 5 heteroatoms. The Morgan fingerprint density at radius 3 is 2.50 bits per heavy atom. The molecule has 2 unspecified atom stereocenters. The topological polar surface area (TPSA) is 75.6 Å². The maximum absolute atomic E-state index is 12.8. The molecular weight excluding hydrogens is 330 g/mol. The minimum atomic E-state index is -0.972. The first-order valence-electron chi connectivity index (χ1n) is 8.78. The molecule has 1 amide bonds. The van der Waals surface area contributed by atoms with Crippen molar-refractivity contribution < 1.29 is 19.4 Å². The highest BCUT2D eigenvalue weighted by Gasteiger charge is 2.33. The van der Waals surface area contributed by atoms with Gasteiger partial charge in [-0.2, -0.15) is 0 Å². The van der Waals surface area contributed by atoms with Crippen LogP contribution in [0.25, 0.3) is 0 Å². The number of rotatable bonds is 4. The van der Waals surface area contributed by atoms with Crippen LogP contribution in [0.4, 0.5) is 5.69 Å². The number of nitrogens with one attached hydrogen (secondary N) is 1. The fourth-order valence-electron chi connectivity index (χ4n) is 3.35. The lowest BCUT2D eigenvalue weighted by Gasteiger charge is -2.31. The van der Waals surface area contributed by atoms with E-state index in [4.69, 9.17) is 9.84 Å². The van der Waals surface area contributed by atoms with Gasteiger partial charge in [0.15, 0.2) is 0 Å². The third-order valence-corrected chi connectivity index (χ3v) is 4.79. The van der Waals surface area contributed by atoms with Crippen molar-refractivity contribution in [2.24, 2.45) is 5.92 Å². The van der Waals surface area contributed by atoms with Gasteiger partial charge in [-0.05, 0) is 56.0 Å². The van der Waals surface area contributed by atoms with Gasteiger partial charge in [0, 0.05) is 12.3 Å². The summed E-state index contributed by atoms with van der Waals surface area (Å²) in [6.07, 6.45) is 1.34. The van der Waals surface area contributed by atoms with Gasteiger partial charge >= 0.3 is 5.97 Å². The van der Waals surface area contributed by atoms with Gasteiger partial charge in [-0.1, -0.05) is 29.8 Å². The minimum absolute atomic E-state index is 0.0993. The highest BCUT2D eigenvalue weighted by Crippen LogP contribution is 2.34. The second-order valence-electron chi connectivity index (χ2n) is 6.77. The van der Waals surface area contributed by atoms with Gasteiger partial charge in [-0.3, -0.25) is 4.79 Å². The molecule has 0 aromatic heterocycles. The fraction of sp³-hybridized carbons (Fsp3) is 0.333. The van der Waals surface area contributed by atoms with E-state index >= 15 is 0 Å². The van der Waals surface area contributed by atoms with E-state index in [2.05, 4.69) is 5.32 Å². The molecule has 0 radical (unpaired) electrons. The first-order valence-corrected chi connectivity index (χ1v) is 8.78. The summed E-state index contributed by atoms with van der Waals surface area (Å²) in [5.41, 5.74) is 3.63. The van der Waals surface area contributed by atoms with Crippen LogP contribution in [0.5, 0.6) is 0 Å². The molecule has 0 spiro atoms. The summed E-state index contributed by atoms with van der Waals surface area (Å²) in [5.74, 6) is -1.34. The molecule has 0 saturated carbocycles. The summed E-state index contributed by atoms with van der Waals surface area (Å²) in [4.78, 5) is 24.0. The van der Waals surface area contributed by atoms with Gasteiger partial charge in [0.2, 0.25) is 5.91 Å². The van der Waals surface area contributed by atoms with Crippen molar-refractivity contribution in [1.82, 2.24) is 0 Å². The number of carboxylic acid groups (broad SMARTS) is 1. The van der Waals surface area contributed by atoms with Crippen molar-refractivity contribution in [2.75, 3.05) is 11.9 Å². The molecule has 0 aliphatic carbocycles. The van der Waals surface area contributed by atoms with E-state index in [0.717, 1.165) is 18.4 Å². The van der Waals surface area contributed by atoms with Crippen LogP contribution in [-0.4, -0.2) is 23.6 Å². The van der Waals surface area contributed by atoms with Gasteiger partial charge < -0.3 is 15.2 Å². The Kier molecular flexibility index (Phi) is 5.38. The molecule has 0 bridgehead atoms. The number of anilines is 1. The number of hydrogen-bond donors (Lipinski definition) is 2. The van der Waals surface area contributed by atoms with E-state index in [1.165, 1.54) is 11.6 Å². The molecule has 1 aliphatic heterocycles. The molecule has 3 rings (SSSR count). The number of carbonyl (C=O) groups excluding carboxylic acids is 1. The molecule has 2 atom stereocenters. The number of hydrogen-bond acceptors (Lipinski definition) is 3. The van der Waals surface area contributed by atoms with Crippen molar-refractivity contribution in [1.29, 1.82) is 0 Å². The average Bonchev–Trinajstić information content (AvgIpc) is 2.62. The summed E-state index contributed by atoms with van der Waals surface area (Å²) in [6, 6.07) is 12.9. The number of aromatic carboxylic acids is 1. The largest absolute Gasteiger partial charge is 0.478 e. The molecule has 2 aromatic carbocycles. The normalized spacial score (nSPS) is 19.8. The van der Waals surface area contributed by atoms with Gasteiger partial charge in [-0.15, -0.1) is 0 Å². The van der Waals surface area contributed by atoms with E-state index in [0.29, 0.717) is 17.9 Å². The van der Waals surface area contributed by atoms with Crippen LogP contribution < -0.4 is 5.32 Å². The first kappa shape index (κ1) is 18.1. The minimum Gasteiger partial charge on any atom is -0.478 e. The van der Waals surface area contributed by atoms with E-state index in [-0.39, 0.29) is 23.5 Å². The summed E-state index contributed by atoms with van der Waals surface area (Å²) in [7, 11) is 0. The second-order valence-corrected chi connectivity index (χ2v) is 6.77. The van der Waals surface area contributed by atoms with Crippen LogP contribution in [0.2, 0.25) is 0 Å². The van der Waals surface area contributed by atoms with Crippen molar-refractivity contribution in [3.63, 3.8) is 0 Å². The molecule has 1 heterocycles. The number of carboxylic acids is 1. The first-order chi connectivity index (χ1) is 12.5. The highest BCUT2D eigenvalue weighted by molar-refractivity contribution is 5.95. The zero-order valence-electron chi connectivity index (χ0n) is 15.0.